The van der Waals surface area contributed by atoms with Gasteiger partial charge in [-0.3, -0.25) is 9.78 Å². The number of imidazole rings is 1. The normalized spacial score (nSPS) is 19.2. The molecule has 10 heteroatoms. The Labute approximate surface area is 287 Å². The van der Waals surface area contributed by atoms with Crippen LogP contribution >= 0.6 is 27.5 Å². The van der Waals surface area contributed by atoms with Gasteiger partial charge in [0.15, 0.2) is 0 Å². The SMILES string of the molecule is Cc1ncc(Br)cc1CCc1cc(Cl)ccc1[CH]C1CCN(C(=O)NC2CCCCC2)C(C(=O)NCCC(C)(C)n2ccnc2)C1. The summed E-state index contributed by atoms with van der Waals surface area (Å²) in [5, 5.41) is 7.14. The number of benzene rings is 1. The molecule has 3 amide bonds. The largest absolute Gasteiger partial charge is 0.354 e. The number of urea groups is 1. The molecule has 2 aliphatic rings. The van der Waals surface area contributed by atoms with E-state index in [1.807, 2.05) is 37.8 Å². The summed E-state index contributed by atoms with van der Waals surface area (Å²) in [6.45, 7) is 7.35. The summed E-state index contributed by atoms with van der Waals surface area (Å²) in [7, 11) is 0. The van der Waals surface area contributed by atoms with Crippen molar-refractivity contribution in [2.75, 3.05) is 13.1 Å². The van der Waals surface area contributed by atoms with E-state index in [0.29, 0.717) is 24.5 Å². The number of amides is 3. The summed E-state index contributed by atoms with van der Waals surface area (Å²) in [4.78, 5) is 37.9. The van der Waals surface area contributed by atoms with Crippen molar-refractivity contribution in [1.82, 2.24) is 30.1 Å². The minimum Gasteiger partial charge on any atom is -0.354 e. The first-order valence-corrected chi connectivity index (χ1v) is 17.8. The van der Waals surface area contributed by atoms with Gasteiger partial charge in [0, 0.05) is 58.5 Å². The van der Waals surface area contributed by atoms with Crippen molar-refractivity contribution < 1.29 is 9.59 Å². The van der Waals surface area contributed by atoms with Crippen LogP contribution in [0.15, 0.2) is 53.7 Å². The number of hydrogen-bond acceptors (Lipinski definition) is 4. The molecular weight excluding hydrogens is 664 g/mol. The number of hydrogen-bond donors (Lipinski definition) is 2. The average molecular weight is 711 g/mol. The third kappa shape index (κ3) is 9.12. The summed E-state index contributed by atoms with van der Waals surface area (Å²) >= 11 is 10.0. The van der Waals surface area contributed by atoms with Crippen molar-refractivity contribution >= 4 is 39.5 Å². The quantitative estimate of drug-likeness (QED) is 0.217. The molecule has 2 fully saturated rings. The number of halogens is 2. The second kappa shape index (κ2) is 15.8. The highest BCUT2D eigenvalue weighted by atomic mass is 79.9. The van der Waals surface area contributed by atoms with Gasteiger partial charge in [0.25, 0.3) is 0 Å². The molecule has 2 unspecified atom stereocenters. The predicted molar refractivity (Wildman–Crippen MR) is 187 cm³/mol. The number of pyridine rings is 1. The summed E-state index contributed by atoms with van der Waals surface area (Å²) in [5.74, 6) is 0.0540. The number of rotatable bonds is 11. The highest BCUT2D eigenvalue weighted by molar-refractivity contribution is 9.10. The predicted octanol–water partition coefficient (Wildman–Crippen LogP) is 7.40. The molecule has 2 N–H and O–H groups in total. The smallest absolute Gasteiger partial charge is 0.318 e. The van der Waals surface area contributed by atoms with Gasteiger partial charge in [-0.05, 0) is 129 Å². The Morgan fingerprint density at radius 2 is 1.89 bits per heavy atom. The molecular formula is C36H47BrClN6O2. The second-order valence-electron chi connectivity index (χ2n) is 13.5. The number of carbonyl (C=O) groups is 2. The Bertz CT molecular complexity index is 1470. The van der Waals surface area contributed by atoms with Crippen LogP contribution in [0.3, 0.4) is 0 Å². The first kappa shape index (κ1) is 34.4. The van der Waals surface area contributed by atoms with E-state index in [0.717, 1.165) is 67.1 Å². The van der Waals surface area contributed by atoms with Crippen LogP contribution in [0.25, 0.3) is 0 Å². The lowest BCUT2D eigenvalue weighted by Crippen LogP contribution is -2.58. The molecule has 1 aromatic carbocycles. The topological polar surface area (TPSA) is 92.1 Å². The first-order valence-electron chi connectivity index (χ1n) is 16.7. The van der Waals surface area contributed by atoms with Crippen molar-refractivity contribution in [3.63, 3.8) is 0 Å². The summed E-state index contributed by atoms with van der Waals surface area (Å²) < 4.78 is 3.03. The molecule has 5 rings (SSSR count). The maximum absolute atomic E-state index is 13.8. The molecule has 8 nitrogen and oxygen atoms in total. The second-order valence-corrected chi connectivity index (χ2v) is 14.9. The number of nitrogens with zero attached hydrogens (tertiary/aromatic N) is 4. The number of aryl methyl sites for hydroxylation is 3. The lowest BCUT2D eigenvalue weighted by atomic mass is 9.83. The molecule has 1 aliphatic carbocycles. The van der Waals surface area contributed by atoms with Crippen molar-refractivity contribution in [1.29, 1.82) is 0 Å². The van der Waals surface area contributed by atoms with Gasteiger partial charge in [-0.2, -0.15) is 0 Å². The average Bonchev–Trinajstić information content (AvgIpc) is 3.59. The minimum atomic E-state index is -0.541. The summed E-state index contributed by atoms with van der Waals surface area (Å²) in [5.41, 5.74) is 4.34. The Morgan fingerprint density at radius 1 is 1.11 bits per heavy atom. The summed E-state index contributed by atoms with van der Waals surface area (Å²) in [6.07, 6.45) is 18.9. The highest BCUT2D eigenvalue weighted by Crippen LogP contribution is 2.31. The Balaban J connectivity index is 1.27. The molecule has 1 aliphatic heterocycles. The van der Waals surface area contributed by atoms with Crippen LogP contribution in [-0.4, -0.2) is 56.5 Å². The van der Waals surface area contributed by atoms with Crippen molar-refractivity contribution in [3.8, 4) is 0 Å². The number of carbonyl (C=O) groups excluding carboxylic acids is 2. The van der Waals surface area contributed by atoms with E-state index < -0.39 is 6.04 Å². The zero-order valence-electron chi connectivity index (χ0n) is 27.3. The molecule has 2 aromatic heterocycles. The van der Waals surface area contributed by atoms with Crippen LogP contribution in [0.5, 0.6) is 0 Å². The third-order valence-electron chi connectivity index (χ3n) is 9.72. The third-order valence-corrected chi connectivity index (χ3v) is 10.4. The molecule has 1 radical (unpaired) electrons. The fraction of sp³-hybridized carbons (Fsp3) is 0.528. The fourth-order valence-corrected chi connectivity index (χ4v) is 7.35. The highest BCUT2D eigenvalue weighted by Gasteiger charge is 2.37. The van der Waals surface area contributed by atoms with Crippen LogP contribution in [0, 0.1) is 19.3 Å². The molecule has 0 bridgehead atoms. The molecule has 3 aromatic rings. The monoisotopic (exact) mass is 709 g/mol. The number of nitrogens with one attached hydrogen (secondary N) is 2. The Hall–Kier alpha value is -2.91. The molecule has 1 saturated heterocycles. The van der Waals surface area contributed by atoms with Gasteiger partial charge < -0.3 is 20.1 Å². The van der Waals surface area contributed by atoms with Crippen LogP contribution in [0.4, 0.5) is 4.79 Å². The van der Waals surface area contributed by atoms with E-state index in [9.17, 15) is 9.59 Å². The van der Waals surface area contributed by atoms with Gasteiger partial charge >= 0.3 is 6.03 Å². The van der Waals surface area contributed by atoms with Crippen molar-refractivity contribution in [3.05, 3.63) is 87.5 Å². The van der Waals surface area contributed by atoms with Crippen molar-refractivity contribution in [2.45, 2.75) is 103 Å². The van der Waals surface area contributed by atoms with Gasteiger partial charge in [-0.15, -0.1) is 0 Å². The van der Waals surface area contributed by atoms with Gasteiger partial charge in [-0.25, -0.2) is 9.78 Å². The van der Waals surface area contributed by atoms with Gasteiger partial charge in [0.2, 0.25) is 5.91 Å². The van der Waals surface area contributed by atoms with E-state index in [4.69, 9.17) is 11.6 Å². The van der Waals surface area contributed by atoms with E-state index in [1.54, 1.807) is 11.1 Å². The maximum Gasteiger partial charge on any atom is 0.318 e. The minimum absolute atomic E-state index is 0.0905. The molecule has 2 atom stereocenters. The van der Waals surface area contributed by atoms with Crippen LogP contribution < -0.4 is 10.6 Å². The van der Waals surface area contributed by atoms with Crippen molar-refractivity contribution in [2.24, 2.45) is 5.92 Å². The van der Waals surface area contributed by atoms with Gasteiger partial charge in [0.05, 0.1) is 6.33 Å². The summed E-state index contributed by atoms with van der Waals surface area (Å²) in [6, 6.07) is 7.72. The van der Waals surface area contributed by atoms with E-state index in [1.165, 1.54) is 17.5 Å². The van der Waals surface area contributed by atoms with E-state index >= 15 is 0 Å². The molecule has 247 valence electrons. The molecule has 3 heterocycles. The lowest BCUT2D eigenvalue weighted by Gasteiger charge is -2.40. The number of aromatic nitrogens is 3. The Morgan fingerprint density at radius 3 is 2.65 bits per heavy atom. The van der Waals surface area contributed by atoms with E-state index in [2.05, 4.69) is 73.5 Å². The molecule has 46 heavy (non-hydrogen) atoms. The zero-order chi connectivity index (χ0) is 32.7. The van der Waals surface area contributed by atoms with E-state index in [-0.39, 0.29) is 29.4 Å². The standard InChI is InChI=1S/C36H47BrClN6O2/c1-25-27(21-30(37)23-41-25)9-10-29-22-31(38)12-11-28(29)19-26-13-17-44(35(46)42-32-7-5-4-6-8-32)33(20-26)34(45)40-15-14-36(2,3)43-18-16-39-24-43/h11-12,16,18-19,21-24,26,32-33H,4-10,13-15,17,20H2,1-3H3,(H,40,45)(H,42,46). The first-order chi connectivity index (χ1) is 22.1. The Kier molecular flexibility index (Phi) is 11.8. The van der Waals surface area contributed by atoms with Crippen LogP contribution in [-0.2, 0) is 23.2 Å². The van der Waals surface area contributed by atoms with Crippen LogP contribution in [0.1, 0.15) is 87.6 Å². The van der Waals surface area contributed by atoms with Crippen LogP contribution in [0.2, 0.25) is 5.02 Å². The lowest BCUT2D eigenvalue weighted by molar-refractivity contribution is -0.127. The molecule has 0 spiro atoms. The van der Waals surface area contributed by atoms with Gasteiger partial charge in [-0.1, -0.05) is 36.9 Å². The molecule has 1 saturated carbocycles. The number of likely N-dealkylation sites (tertiary alicyclic amines) is 1. The maximum atomic E-state index is 13.8. The number of piperidine rings is 1. The fourth-order valence-electron chi connectivity index (χ4n) is 6.78. The van der Waals surface area contributed by atoms with Gasteiger partial charge in [0.1, 0.15) is 6.04 Å². The zero-order valence-corrected chi connectivity index (χ0v) is 29.6.